The molecule has 0 saturated heterocycles. The van der Waals surface area contributed by atoms with Gasteiger partial charge in [-0.3, -0.25) is 4.79 Å². The lowest BCUT2D eigenvalue weighted by Gasteiger charge is -2.14. The molecule has 1 amide bonds. The molecule has 106 valence electrons. The van der Waals surface area contributed by atoms with Gasteiger partial charge in [0.05, 0.1) is 12.3 Å². The van der Waals surface area contributed by atoms with Gasteiger partial charge in [-0.05, 0) is 42.5 Å². The molecule has 1 N–H and O–H groups in total. The molecule has 0 aliphatic carbocycles. The van der Waals surface area contributed by atoms with Crippen LogP contribution in [0.15, 0.2) is 47.1 Å². The Morgan fingerprint density at radius 1 is 1.15 bits per heavy atom. The maximum Gasteiger partial charge on any atom is 0.287 e. The molecule has 2 rings (SSSR count). The molecule has 3 heteroatoms. The van der Waals surface area contributed by atoms with Gasteiger partial charge in [-0.25, -0.2) is 0 Å². The highest BCUT2D eigenvalue weighted by Crippen LogP contribution is 2.16. The minimum atomic E-state index is -0.186. The fourth-order valence-electron chi connectivity index (χ4n) is 2.17. The van der Waals surface area contributed by atoms with E-state index in [2.05, 4.69) is 43.4 Å². The normalized spacial score (nSPS) is 12.4. The number of rotatable bonds is 5. The van der Waals surface area contributed by atoms with Gasteiger partial charge in [0.1, 0.15) is 0 Å². The van der Waals surface area contributed by atoms with Gasteiger partial charge in [-0.1, -0.05) is 38.1 Å². The lowest BCUT2D eigenvalue weighted by atomic mass is 10.00. The first-order valence-corrected chi connectivity index (χ1v) is 6.99. The van der Waals surface area contributed by atoms with E-state index < -0.39 is 0 Å². The van der Waals surface area contributed by atoms with Crippen LogP contribution in [0.1, 0.15) is 48.5 Å². The van der Waals surface area contributed by atoms with Crippen LogP contribution in [-0.4, -0.2) is 5.91 Å². The van der Waals surface area contributed by atoms with Crippen molar-refractivity contribution in [2.45, 2.75) is 33.2 Å². The quantitative estimate of drug-likeness (QED) is 0.894. The monoisotopic (exact) mass is 271 g/mol. The zero-order valence-electron chi connectivity index (χ0n) is 12.2. The van der Waals surface area contributed by atoms with Crippen molar-refractivity contribution in [1.82, 2.24) is 5.32 Å². The van der Waals surface area contributed by atoms with Crippen LogP contribution >= 0.6 is 0 Å². The molecule has 0 unspecified atom stereocenters. The molecule has 0 bridgehead atoms. The van der Waals surface area contributed by atoms with Crippen molar-refractivity contribution in [2.24, 2.45) is 5.92 Å². The van der Waals surface area contributed by atoms with Crippen LogP contribution in [-0.2, 0) is 6.42 Å². The Bertz CT molecular complexity index is 541. The molecule has 1 heterocycles. The average Bonchev–Trinajstić information content (AvgIpc) is 2.92. The number of amides is 1. The van der Waals surface area contributed by atoms with E-state index in [0.29, 0.717) is 11.7 Å². The Morgan fingerprint density at radius 2 is 1.85 bits per heavy atom. The average molecular weight is 271 g/mol. The molecule has 1 atom stereocenters. The van der Waals surface area contributed by atoms with Gasteiger partial charge in [-0.2, -0.15) is 0 Å². The number of carbonyl (C=O) groups is 1. The van der Waals surface area contributed by atoms with E-state index in [1.165, 1.54) is 11.8 Å². The third-order valence-electron chi connectivity index (χ3n) is 3.22. The van der Waals surface area contributed by atoms with E-state index >= 15 is 0 Å². The first kappa shape index (κ1) is 14.4. The molecule has 1 aromatic carbocycles. The van der Waals surface area contributed by atoms with Crippen molar-refractivity contribution >= 4 is 5.91 Å². The number of benzene rings is 1. The first-order valence-electron chi connectivity index (χ1n) is 6.99. The smallest absolute Gasteiger partial charge is 0.287 e. The fourth-order valence-corrected chi connectivity index (χ4v) is 2.17. The predicted molar refractivity (Wildman–Crippen MR) is 79.6 cm³/mol. The number of hydrogen-bond acceptors (Lipinski definition) is 2. The Morgan fingerprint density at radius 3 is 2.40 bits per heavy atom. The summed E-state index contributed by atoms with van der Waals surface area (Å²) in [5, 5.41) is 2.93. The number of hydrogen-bond donors (Lipinski definition) is 1. The lowest BCUT2D eigenvalue weighted by molar-refractivity contribution is 0.0912. The summed E-state index contributed by atoms with van der Waals surface area (Å²) in [5.41, 5.74) is 2.42. The molecular formula is C17H21NO2. The summed E-state index contributed by atoms with van der Waals surface area (Å²) >= 11 is 0. The standard InChI is InChI=1S/C17H21NO2/c1-12(2)11-14-6-8-15(9-7-14)13(3)18-17(19)16-5-4-10-20-16/h4-10,12-13H,11H2,1-3H3,(H,18,19)/t13-/m1/s1. The van der Waals surface area contributed by atoms with Gasteiger partial charge in [0.15, 0.2) is 5.76 Å². The Labute approximate surface area is 120 Å². The van der Waals surface area contributed by atoms with Crippen molar-refractivity contribution in [2.75, 3.05) is 0 Å². The summed E-state index contributed by atoms with van der Waals surface area (Å²) in [6.45, 7) is 6.39. The molecule has 0 radical (unpaired) electrons. The largest absolute Gasteiger partial charge is 0.459 e. The number of furan rings is 1. The molecule has 20 heavy (non-hydrogen) atoms. The van der Waals surface area contributed by atoms with E-state index in [1.54, 1.807) is 12.1 Å². The lowest BCUT2D eigenvalue weighted by Crippen LogP contribution is -2.26. The highest BCUT2D eigenvalue weighted by atomic mass is 16.3. The Hall–Kier alpha value is -2.03. The van der Waals surface area contributed by atoms with Crippen LogP contribution in [0, 0.1) is 5.92 Å². The molecule has 0 fully saturated rings. The third kappa shape index (κ3) is 3.73. The maximum atomic E-state index is 11.9. The van der Waals surface area contributed by atoms with Crippen molar-refractivity contribution in [3.63, 3.8) is 0 Å². The van der Waals surface area contributed by atoms with E-state index in [9.17, 15) is 4.79 Å². The van der Waals surface area contributed by atoms with Crippen molar-refractivity contribution in [3.05, 3.63) is 59.5 Å². The summed E-state index contributed by atoms with van der Waals surface area (Å²) in [6, 6.07) is 11.7. The molecule has 0 saturated carbocycles. The molecule has 0 aliphatic heterocycles. The topological polar surface area (TPSA) is 42.2 Å². The fraction of sp³-hybridized carbons (Fsp3) is 0.353. The van der Waals surface area contributed by atoms with Crippen LogP contribution in [0.4, 0.5) is 0 Å². The zero-order chi connectivity index (χ0) is 14.5. The van der Waals surface area contributed by atoms with Crippen molar-refractivity contribution < 1.29 is 9.21 Å². The predicted octanol–water partition coefficient (Wildman–Crippen LogP) is 3.97. The van der Waals surface area contributed by atoms with Gasteiger partial charge in [-0.15, -0.1) is 0 Å². The molecular weight excluding hydrogens is 250 g/mol. The minimum absolute atomic E-state index is 0.0410. The van der Waals surface area contributed by atoms with Crippen LogP contribution in [0.5, 0.6) is 0 Å². The Kier molecular flexibility index (Phi) is 4.61. The summed E-state index contributed by atoms with van der Waals surface area (Å²) in [4.78, 5) is 11.9. The van der Waals surface area contributed by atoms with Gasteiger partial charge in [0.2, 0.25) is 0 Å². The number of nitrogens with one attached hydrogen (secondary N) is 1. The van der Waals surface area contributed by atoms with Crippen LogP contribution in [0.3, 0.4) is 0 Å². The van der Waals surface area contributed by atoms with Crippen LogP contribution < -0.4 is 5.32 Å². The van der Waals surface area contributed by atoms with Gasteiger partial charge in [0, 0.05) is 0 Å². The third-order valence-corrected chi connectivity index (χ3v) is 3.22. The highest BCUT2D eigenvalue weighted by molar-refractivity contribution is 5.91. The molecule has 0 aliphatic rings. The van der Waals surface area contributed by atoms with Gasteiger partial charge in [0.25, 0.3) is 5.91 Å². The van der Waals surface area contributed by atoms with Crippen LogP contribution in [0.2, 0.25) is 0 Å². The molecule has 1 aromatic heterocycles. The summed E-state index contributed by atoms with van der Waals surface area (Å²) in [7, 11) is 0. The Balaban J connectivity index is 1.98. The summed E-state index contributed by atoms with van der Waals surface area (Å²) in [6.07, 6.45) is 2.58. The first-order chi connectivity index (χ1) is 9.56. The highest BCUT2D eigenvalue weighted by Gasteiger charge is 2.13. The van der Waals surface area contributed by atoms with E-state index in [1.807, 2.05) is 6.92 Å². The summed E-state index contributed by atoms with van der Waals surface area (Å²) in [5.74, 6) is 0.805. The second kappa shape index (κ2) is 6.42. The van der Waals surface area contributed by atoms with Gasteiger partial charge < -0.3 is 9.73 Å². The van der Waals surface area contributed by atoms with Gasteiger partial charge >= 0.3 is 0 Å². The number of carbonyl (C=O) groups excluding carboxylic acids is 1. The maximum absolute atomic E-state index is 11.9. The molecule has 0 spiro atoms. The van der Waals surface area contributed by atoms with Crippen LogP contribution in [0.25, 0.3) is 0 Å². The SMILES string of the molecule is CC(C)Cc1ccc([C@@H](C)NC(=O)c2ccco2)cc1. The minimum Gasteiger partial charge on any atom is -0.459 e. The zero-order valence-corrected chi connectivity index (χ0v) is 12.2. The van der Waals surface area contributed by atoms with Crippen molar-refractivity contribution in [3.8, 4) is 0 Å². The second-order valence-electron chi connectivity index (χ2n) is 5.51. The van der Waals surface area contributed by atoms with E-state index in [4.69, 9.17) is 4.42 Å². The van der Waals surface area contributed by atoms with Crippen molar-refractivity contribution in [1.29, 1.82) is 0 Å². The summed E-state index contributed by atoms with van der Waals surface area (Å²) < 4.78 is 5.08. The molecule has 2 aromatic rings. The van der Waals surface area contributed by atoms with E-state index in [-0.39, 0.29) is 11.9 Å². The molecule has 3 nitrogen and oxygen atoms in total. The van der Waals surface area contributed by atoms with E-state index in [0.717, 1.165) is 12.0 Å². The second-order valence-corrected chi connectivity index (χ2v) is 5.51.